The highest BCUT2D eigenvalue weighted by Gasteiger charge is 2.53. The second-order valence-electron chi connectivity index (χ2n) is 8.27. The number of likely N-dealkylation sites (tertiary alicyclic amines) is 1. The van der Waals surface area contributed by atoms with Crippen LogP contribution in [0.15, 0.2) is 48.5 Å². The van der Waals surface area contributed by atoms with Gasteiger partial charge in [-0.3, -0.25) is 9.59 Å². The molecule has 0 spiro atoms. The Bertz CT molecular complexity index is 1010. The third-order valence-electron chi connectivity index (χ3n) is 6.06. The number of hydrogen-bond donors (Lipinski definition) is 1. The third kappa shape index (κ3) is 3.46. The van der Waals surface area contributed by atoms with E-state index in [9.17, 15) is 20.0 Å². The lowest BCUT2D eigenvalue weighted by atomic mass is 9.75. The molecule has 1 aliphatic heterocycles. The van der Waals surface area contributed by atoms with Crippen LogP contribution in [0.4, 0.5) is 0 Å². The lowest BCUT2D eigenvalue weighted by molar-refractivity contribution is -0.148. The Hall–Kier alpha value is -3.17. The molecule has 1 saturated carbocycles. The van der Waals surface area contributed by atoms with E-state index in [-0.39, 0.29) is 36.3 Å². The number of benzene rings is 2. The summed E-state index contributed by atoms with van der Waals surface area (Å²) >= 11 is 0. The van der Waals surface area contributed by atoms with Gasteiger partial charge in [0.05, 0.1) is 18.7 Å². The maximum Gasteiger partial charge on any atom is 0.253 e. The minimum atomic E-state index is -0.540. The molecular weight excluding hydrogens is 378 g/mol. The molecule has 3 atom stereocenters. The topological polar surface area (TPSA) is 84.6 Å². The maximum absolute atomic E-state index is 12.5. The van der Waals surface area contributed by atoms with Crippen molar-refractivity contribution >= 4 is 11.8 Å². The van der Waals surface area contributed by atoms with E-state index >= 15 is 0 Å². The Morgan fingerprint density at radius 1 is 1.13 bits per heavy atom. The predicted octanol–water partition coefficient (Wildman–Crippen LogP) is 2.64. The first-order valence-corrected chi connectivity index (χ1v) is 10.2. The van der Waals surface area contributed by atoms with Crippen LogP contribution in [-0.4, -0.2) is 59.5 Å². The van der Waals surface area contributed by atoms with Crippen molar-refractivity contribution in [2.75, 3.05) is 20.7 Å². The highest BCUT2D eigenvalue weighted by atomic mass is 16.3. The summed E-state index contributed by atoms with van der Waals surface area (Å²) in [6.07, 6.45) is 1.75. The van der Waals surface area contributed by atoms with E-state index in [1.165, 1.54) is 0 Å². The van der Waals surface area contributed by atoms with Crippen LogP contribution in [0.2, 0.25) is 0 Å². The van der Waals surface area contributed by atoms with Crippen molar-refractivity contribution in [3.63, 3.8) is 0 Å². The van der Waals surface area contributed by atoms with Crippen LogP contribution in [-0.2, 0) is 4.79 Å². The average Bonchev–Trinajstić information content (AvgIpc) is 3.59. The molecule has 2 amide bonds. The minimum absolute atomic E-state index is 0.00385. The van der Waals surface area contributed by atoms with Gasteiger partial charge in [0.2, 0.25) is 5.91 Å². The van der Waals surface area contributed by atoms with Crippen molar-refractivity contribution in [1.82, 2.24) is 9.80 Å². The van der Waals surface area contributed by atoms with Crippen molar-refractivity contribution in [1.29, 1.82) is 5.26 Å². The molecule has 6 nitrogen and oxygen atoms in total. The predicted molar refractivity (Wildman–Crippen MR) is 112 cm³/mol. The van der Waals surface area contributed by atoms with Crippen LogP contribution >= 0.6 is 0 Å². The summed E-state index contributed by atoms with van der Waals surface area (Å²) in [4.78, 5) is 27.9. The second kappa shape index (κ2) is 7.92. The molecule has 2 aromatic carbocycles. The van der Waals surface area contributed by atoms with E-state index in [1.807, 2.05) is 42.5 Å². The summed E-state index contributed by atoms with van der Waals surface area (Å²) in [5, 5.41) is 19.5. The van der Waals surface area contributed by atoms with Crippen molar-refractivity contribution < 1.29 is 14.7 Å². The Labute approximate surface area is 176 Å². The zero-order chi connectivity index (χ0) is 21.4. The standard InChI is InChI=1S/C24H25N3O3/c1-26(2)23(29)19-5-3-4-18(12-19)15-6-8-16(9-7-15)22-20(13-25)27(21(22)14-28)24(30)17-10-11-17/h3-9,12,17,20-22,28H,10-11,14H2,1-2H3/t20-,21-,22+/m1/s1. The summed E-state index contributed by atoms with van der Waals surface area (Å²) in [6, 6.07) is 16.7. The lowest BCUT2D eigenvalue weighted by Crippen LogP contribution is -2.65. The molecule has 154 valence electrons. The smallest absolute Gasteiger partial charge is 0.253 e. The number of carbonyl (C=O) groups excluding carboxylic acids is 2. The molecule has 1 heterocycles. The monoisotopic (exact) mass is 403 g/mol. The van der Waals surface area contributed by atoms with Gasteiger partial charge in [-0.2, -0.15) is 5.26 Å². The normalized spacial score (nSPS) is 22.7. The number of hydrogen-bond acceptors (Lipinski definition) is 4. The second-order valence-corrected chi connectivity index (χ2v) is 8.27. The van der Waals surface area contributed by atoms with E-state index in [0.717, 1.165) is 29.5 Å². The van der Waals surface area contributed by atoms with E-state index in [0.29, 0.717) is 5.56 Å². The maximum atomic E-state index is 12.5. The summed E-state index contributed by atoms with van der Waals surface area (Å²) < 4.78 is 0. The van der Waals surface area contributed by atoms with E-state index < -0.39 is 6.04 Å². The first kappa shape index (κ1) is 20.1. The molecule has 2 fully saturated rings. The molecule has 30 heavy (non-hydrogen) atoms. The molecule has 0 bridgehead atoms. The number of aliphatic hydroxyl groups is 1. The number of nitriles is 1. The quantitative estimate of drug-likeness (QED) is 0.832. The Balaban J connectivity index is 1.56. The SMILES string of the molecule is CN(C)C(=O)c1cccc(-c2ccc([C@H]3[C@@H](C#N)N(C(=O)C4CC4)[C@@H]3CO)cc2)c1. The number of aliphatic hydroxyl groups excluding tert-OH is 1. The van der Waals surface area contributed by atoms with Gasteiger partial charge in [-0.1, -0.05) is 36.4 Å². The zero-order valence-electron chi connectivity index (χ0n) is 17.2. The molecule has 1 saturated heterocycles. The first-order valence-electron chi connectivity index (χ1n) is 10.2. The summed E-state index contributed by atoms with van der Waals surface area (Å²) in [6.45, 7) is -0.155. The van der Waals surface area contributed by atoms with Gasteiger partial charge in [0, 0.05) is 31.5 Å². The number of carbonyl (C=O) groups is 2. The number of amides is 2. The van der Waals surface area contributed by atoms with Crippen LogP contribution in [0.3, 0.4) is 0 Å². The molecular formula is C24H25N3O3. The van der Waals surface area contributed by atoms with Crippen LogP contribution in [0, 0.1) is 17.2 Å². The highest BCUT2D eigenvalue weighted by molar-refractivity contribution is 5.95. The van der Waals surface area contributed by atoms with E-state index in [2.05, 4.69) is 6.07 Å². The molecule has 2 aliphatic rings. The Kier molecular flexibility index (Phi) is 5.31. The Morgan fingerprint density at radius 2 is 1.83 bits per heavy atom. The molecule has 0 aromatic heterocycles. The fraction of sp³-hybridized carbons (Fsp3) is 0.375. The van der Waals surface area contributed by atoms with Crippen LogP contribution in [0.1, 0.15) is 34.7 Å². The Morgan fingerprint density at radius 3 is 2.40 bits per heavy atom. The molecule has 1 N–H and O–H groups in total. The van der Waals surface area contributed by atoms with Gasteiger partial charge < -0.3 is 14.9 Å². The number of rotatable bonds is 5. The van der Waals surface area contributed by atoms with Crippen molar-refractivity contribution in [3.8, 4) is 17.2 Å². The largest absolute Gasteiger partial charge is 0.394 e. The van der Waals surface area contributed by atoms with Gasteiger partial charge in [0.1, 0.15) is 6.04 Å². The summed E-state index contributed by atoms with van der Waals surface area (Å²) in [5.74, 6) is -0.226. The average molecular weight is 403 g/mol. The molecule has 6 heteroatoms. The third-order valence-corrected chi connectivity index (χ3v) is 6.06. The molecule has 1 aliphatic carbocycles. The van der Waals surface area contributed by atoms with Gasteiger partial charge in [-0.05, 0) is 41.7 Å². The van der Waals surface area contributed by atoms with E-state index in [1.54, 1.807) is 30.0 Å². The van der Waals surface area contributed by atoms with Crippen molar-refractivity contribution in [3.05, 3.63) is 59.7 Å². The van der Waals surface area contributed by atoms with Crippen molar-refractivity contribution in [2.45, 2.75) is 30.8 Å². The first-order chi connectivity index (χ1) is 14.5. The fourth-order valence-corrected chi connectivity index (χ4v) is 4.24. The minimum Gasteiger partial charge on any atom is -0.394 e. The van der Waals surface area contributed by atoms with Crippen molar-refractivity contribution in [2.24, 2.45) is 5.92 Å². The van der Waals surface area contributed by atoms with Gasteiger partial charge >= 0.3 is 0 Å². The highest BCUT2D eigenvalue weighted by Crippen LogP contribution is 2.44. The van der Waals surface area contributed by atoms with Crippen LogP contribution < -0.4 is 0 Å². The van der Waals surface area contributed by atoms with Gasteiger partial charge in [-0.25, -0.2) is 0 Å². The zero-order valence-corrected chi connectivity index (χ0v) is 17.2. The van der Waals surface area contributed by atoms with Crippen LogP contribution in [0.25, 0.3) is 11.1 Å². The van der Waals surface area contributed by atoms with E-state index in [4.69, 9.17) is 0 Å². The molecule has 0 radical (unpaired) electrons. The summed E-state index contributed by atoms with van der Waals surface area (Å²) in [7, 11) is 3.45. The fourth-order valence-electron chi connectivity index (χ4n) is 4.24. The lowest BCUT2D eigenvalue weighted by Gasteiger charge is -2.51. The molecule has 2 aromatic rings. The molecule has 0 unspecified atom stereocenters. The summed E-state index contributed by atoms with van der Waals surface area (Å²) in [5.41, 5.74) is 3.46. The van der Waals surface area contributed by atoms with Gasteiger partial charge in [-0.15, -0.1) is 0 Å². The van der Waals surface area contributed by atoms with Crippen LogP contribution in [0.5, 0.6) is 0 Å². The molecule has 4 rings (SSSR count). The number of nitrogens with zero attached hydrogens (tertiary/aromatic N) is 3. The van der Waals surface area contributed by atoms with Gasteiger partial charge in [0.15, 0.2) is 0 Å². The van der Waals surface area contributed by atoms with Gasteiger partial charge in [0.25, 0.3) is 5.91 Å².